The molecule has 0 atom stereocenters. The third-order valence-electron chi connectivity index (χ3n) is 3.27. The molecule has 2 N–H and O–H groups in total. The Morgan fingerprint density at radius 1 is 1.17 bits per heavy atom. The second-order valence-electron chi connectivity index (χ2n) is 5.71. The molecule has 0 bridgehead atoms. The van der Waals surface area contributed by atoms with Crippen LogP contribution in [0.1, 0.15) is 25.0 Å². The third-order valence-corrected chi connectivity index (χ3v) is 3.27. The summed E-state index contributed by atoms with van der Waals surface area (Å²) in [6.45, 7) is 6.07. The molecule has 1 aromatic heterocycles. The minimum Gasteiger partial charge on any atom is -0.491 e. The number of rotatable bonds is 5. The van der Waals surface area contributed by atoms with Gasteiger partial charge < -0.3 is 9.72 Å². The van der Waals surface area contributed by atoms with Crippen LogP contribution in [-0.4, -0.2) is 22.3 Å². The summed E-state index contributed by atoms with van der Waals surface area (Å²) in [4.78, 5) is 7.63. The largest absolute Gasteiger partial charge is 0.491 e. The molecule has 0 aliphatic heterocycles. The van der Waals surface area contributed by atoms with Gasteiger partial charge in [-0.2, -0.15) is 5.10 Å². The van der Waals surface area contributed by atoms with E-state index in [0.29, 0.717) is 5.95 Å². The van der Waals surface area contributed by atoms with Crippen molar-refractivity contribution in [2.75, 3.05) is 5.43 Å². The zero-order valence-electron chi connectivity index (χ0n) is 13.5. The van der Waals surface area contributed by atoms with Crippen LogP contribution in [0.5, 0.6) is 5.75 Å². The van der Waals surface area contributed by atoms with Crippen LogP contribution in [0, 0.1) is 6.92 Å². The summed E-state index contributed by atoms with van der Waals surface area (Å²) in [5.41, 5.74) is 7.02. The first-order chi connectivity index (χ1) is 11.1. The maximum atomic E-state index is 5.61. The van der Waals surface area contributed by atoms with Crippen molar-refractivity contribution in [1.29, 1.82) is 0 Å². The van der Waals surface area contributed by atoms with Crippen LogP contribution >= 0.6 is 0 Å². The van der Waals surface area contributed by atoms with Crippen LogP contribution in [0.15, 0.2) is 47.6 Å². The molecule has 3 aromatic rings. The van der Waals surface area contributed by atoms with E-state index in [1.807, 2.05) is 50.2 Å². The Labute approximate surface area is 135 Å². The number of anilines is 1. The van der Waals surface area contributed by atoms with Crippen molar-refractivity contribution in [2.45, 2.75) is 26.9 Å². The zero-order chi connectivity index (χ0) is 16.2. The molecule has 1 heterocycles. The van der Waals surface area contributed by atoms with Crippen LogP contribution in [0.4, 0.5) is 5.95 Å². The van der Waals surface area contributed by atoms with Crippen molar-refractivity contribution in [3.63, 3.8) is 0 Å². The van der Waals surface area contributed by atoms with E-state index in [2.05, 4.69) is 33.5 Å². The number of aryl methyl sites for hydroxylation is 1. The number of nitrogens with zero attached hydrogens (tertiary/aromatic N) is 2. The lowest BCUT2D eigenvalue weighted by atomic mass is 10.2. The van der Waals surface area contributed by atoms with Gasteiger partial charge in [-0.25, -0.2) is 10.4 Å². The van der Waals surface area contributed by atoms with E-state index in [4.69, 9.17) is 4.74 Å². The van der Waals surface area contributed by atoms with E-state index in [0.717, 1.165) is 22.3 Å². The molecule has 0 amide bonds. The Morgan fingerprint density at radius 2 is 1.96 bits per heavy atom. The predicted molar refractivity (Wildman–Crippen MR) is 94.3 cm³/mol. The molecular formula is C18H20N4O. The summed E-state index contributed by atoms with van der Waals surface area (Å²) in [5, 5.41) is 4.21. The Kier molecular flexibility index (Phi) is 4.28. The average molecular weight is 308 g/mol. The van der Waals surface area contributed by atoms with Gasteiger partial charge in [0.1, 0.15) is 5.75 Å². The van der Waals surface area contributed by atoms with Crippen molar-refractivity contribution in [1.82, 2.24) is 9.97 Å². The molecular weight excluding hydrogens is 288 g/mol. The molecule has 0 fully saturated rings. The molecule has 0 aliphatic carbocycles. The normalized spacial score (nSPS) is 11.5. The van der Waals surface area contributed by atoms with Gasteiger partial charge in [-0.1, -0.05) is 6.07 Å². The fraction of sp³-hybridized carbons (Fsp3) is 0.222. The number of hydrazone groups is 1. The van der Waals surface area contributed by atoms with Crippen molar-refractivity contribution >= 4 is 23.2 Å². The monoisotopic (exact) mass is 308 g/mol. The fourth-order valence-corrected chi connectivity index (χ4v) is 2.25. The number of ether oxygens (including phenoxy) is 1. The Hall–Kier alpha value is -2.82. The first-order valence-corrected chi connectivity index (χ1v) is 7.62. The molecule has 0 saturated heterocycles. The van der Waals surface area contributed by atoms with E-state index in [1.54, 1.807) is 6.21 Å². The second kappa shape index (κ2) is 6.52. The molecule has 23 heavy (non-hydrogen) atoms. The molecule has 0 unspecified atom stereocenters. The number of fused-ring (bicyclic) bond motifs is 1. The van der Waals surface area contributed by atoms with Gasteiger partial charge in [0.15, 0.2) is 0 Å². The molecule has 5 heteroatoms. The molecule has 0 aliphatic rings. The van der Waals surface area contributed by atoms with Crippen LogP contribution in [-0.2, 0) is 0 Å². The summed E-state index contributed by atoms with van der Waals surface area (Å²) in [7, 11) is 0. The van der Waals surface area contributed by atoms with Gasteiger partial charge in [0.2, 0.25) is 5.95 Å². The van der Waals surface area contributed by atoms with Gasteiger partial charge >= 0.3 is 0 Å². The fourth-order valence-electron chi connectivity index (χ4n) is 2.25. The molecule has 118 valence electrons. The minimum atomic E-state index is 0.174. The Morgan fingerprint density at radius 3 is 2.70 bits per heavy atom. The van der Waals surface area contributed by atoms with E-state index < -0.39 is 0 Å². The topological polar surface area (TPSA) is 62.3 Å². The molecule has 3 rings (SSSR count). The standard InChI is InChI=1S/C18H20N4O/c1-12(2)23-15-7-5-14(6-8-15)11-19-22-18-20-16-9-4-13(3)10-17(16)21-18/h4-12H,1-3H3,(H2,20,21,22)/b19-11-. The smallest absolute Gasteiger partial charge is 0.222 e. The average Bonchev–Trinajstić information content (AvgIpc) is 2.90. The van der Waals surface area contributed by atoms with Crippen LogP contribution in [0.3, 0.4) is 0 Å². The summed E-state index contributed by atoms with van der Waals surface area (Å²) in [5.74, 6) is 1.49. The number of H-pyrrole nitrogens is 1. The first-order valence-electron chi connectivity index (χ1n) is 7.62. The summed E-state index contributed by atoms with van der Waals surface area (Å²) in [6, 6.07) is 13.9. The van der Waals surface area contributed by atoms with Gasteiger partial charge in [-0.3, -0.25) is 0 Å². The number of benzene rings is 2. The minimum absolute atomic E-state index is 0.174. The van der Waals surface area contributed by atoms with Crippen LogP contribution in [0.2, 0.25) is 0 Å². The predicted octanol–water partition coefficient (Wildman–Crippen LogP) is 4.10. The number of aromatic nitrogens is 2. The zero-order valence-corrected chi connectivity index (χ0v) is 13.5. The number of hydrogen-bond acceptors (Lipinski definition) is 4. The highest BCUT2D eigenvalue weighted by Gasteiger charge is 2.01. The van der Waals surface area contributed by atoms with Crippen molar-refractivity contribution < 1.29 is 4.74 Å². The maximum Gasteiger partial charge on any atom is 0.222 e. The quantitative estimate of drug-likeness (QED) is 0.551. The van der Waals surface area contributed by atoms with E-state index >= 15 is 0 Å². The number of aromatic amines is 1. The van der Waals surface area contributed by atoms with E-state index in [-0.39, 0.29) is 6.10 Å². The molecule has 0 radical (unpaired) electrons. The lowest BCUT2D eigenvalue weighted by molar-refractivity contribution is 0.242. The summed E-state index contributed by atoms with van der Waals surface area (Å²) >= 11 is 0. The SMILES string of the molecule is Cc1ccc2nc(N/N=C\c3ccc(OC(C)C)cc3)[nH]c2c1. The van der Waals surface area contributed by atoms with E-state index in [9.17, 15) is 0 Å². The Bertz CT molecular complexity index is 819. The van der Waals surface area contributed by atoms with Gasteiger partial charge in [0.25, 0.3) is 0 Å². The van der Waals surface area contributed by atoms with Crippen molar-refractivity contribution in [3.8, 4) is 5.75 Å². The van der Waals surface area contributed by atoms with Crippen LogP contribution in [0.25, 0.3) is 11.0 Å². The first kappa shape index (κ1) is 15.1. The highest BCUT2D eigenvalue weighted by atomic mass is 16.5. The number of nitrogens with one attached hydrogen (secondary N) is 2. The van der Waals surface area contributed by atoms with Gasteiger partial charge in [-0.15, -0.1) is 0 Å². The number of imidazole rings is 1. The van der Waals surface area contributed by atoms with Gasteiger partial charge in [0.05, 0.1) is 23.4 Å². The highest BCUT2D eigenvalue weighted by Crippen LogP contribution is 2.16. The maximum absolute atomic E-state index is 5.61. The molecule has 0 saturated carbocycles. The number of hydrogen-bond donors (Lipinski definition) is 2. The molecule has 2 aromatic carbocycles. The van der Waals surface area contributed by atoms with Crippen molar-refractivity contribution in [3.05, 3.63) is 53.6 Å². The van der Waals surface area contributed by atoms with Crippen LogP contribution < -0.4 is 10.2 Å². The lowest BCUT2D eigenvalue weighted by Crippen LogP contribution is -2.05. The lowest BCUT2D eigenvalue weighted by Gasteiger charge is -2.08. The van der Waals surface area contributed by atoms with Gasteiger partial charge in [-0.05, 0) is 68.3 Å². The van der Waals surface area contributed by atoms with Crippen molar-refractivity contribution in [2.24, 2.45) is 5.10 Å². The van der Waals surface area contributed by atoms with Gasteiger partial charge in [0, 0.05) is 0 Å². The van der Waals surface area contributed by atoms with E-state index in [1.165, 1.54) is 5.56 Å². The molecule has 5 nitrogen and oxygen atoms in total. The Balaban J connectivity index is 1.65. The molecule has 0 spiro atoms. The third kappa shape index (κ3) is 3.88. The second-order valence-corrected chi connectivity index (χ2v) is 5.71. The summed E-state index contributed by atoms with van der Waals surface area (Å²) in [6.07, 6.45) is 1.92. The highest BCUT2D eigenvalue weighted by molar-refractivity contribution is 5.81. The summed E-state index contributed by atoms with van der Waals surface area (Å²) < 4.78 is 5.61.